The second-order valence-electron chi connectivity index (χ2n) is 7.14. The topological polar surface area (TPSA) is 74.0 Å². The molecule has 148 valence electrons. The molecule has 7 heteroatoms. The fourth-order valence-electron chi connectivity index (χ4n) is 3.75. The SMILES string of the molecule is Cc1oncc1C(=O)N1C[C@@H](c2ccccc2)O[C@@H](c2ccc3c(c2)OCO3)C1. The van der Waals surface area contributed by atoms with E-state index in [9.17, 15) is 4.79 Å². The van der Waals surface area contributed by atoms with Crippen molar-refractivity contribution >= 4 is 5.91 Å². The molecule has 1 aromatic heterocycles. The highest BCUT2D eigenvalue weighted by Crippen LogP contribution is 2.39. The number of carbonyl (C=O) groups is 1. The second kappa shape index (κ2) is 7.25. The number of hydrogen-bond donors (Lipinski definition) is 0. The minimum Gasteiger partial charge on any atom is -0.454 e. The van der Waals surface area contributed by atoms with Gasteiger partial charge in [0.05, 0.1) is 19.3 Å². The standard InChI is InChI=1S/C22H20N2O5/c1-14-17(10-23-29-14)22(25)24-11-20(15-5-3-2-4-6-15)28-21(12-24)16-7-8-18-19(9-16)27-13-26-18/h2-10,20-21H,11-13H2,1H3/t20-,21+/m0/s1. The number of rotatable bonds is 3. The molecule has 0 N–H and O–H groups in total. The van der Waals surface area contributed by atoms with Crippen LogP contribution < -0.4 is 9.47 Å². The lowest BCUT2D eigenvalue weighted by atomic mass is 10.0. The van der Waals surface area contributed by atoms with Gasteiger partial charge in [0.25, 0.3) is 5.91 Å². The molecular formula is C22H20N2O5. The van der Waals surface area contributed by atoms with E-state index in [1.807, 2.05) is 48.5 Å². The number of amides is 1. The third-order valence-corrected chi connectivity index (χ3v) is 5.31. The molecule has 2 aromatic carbocycles. The fraction of sp³-hybridized carbons (Fsp3) is 0.273. The third kappa shape index (κ3) is 3.34. The molecule has 1 fully saturated rings. The summed E-state index contributed by atoms with van der Waals surface area (Å²) in [5.41, 5.74) is 2.44. The Balaban J connectivity index is 1.47. The molecule has 2 aliphatic heterocycles. The van der Waals surface area contributed by atoms with Gasteiger partial charge in [0, 0.05) is 0 Å². The quantitative estimate of drug-likeness (QED) is 0.677. The van der Waals surface area contributed by atoms with Crippen LogP contribution in [-0.2, 0) is 4.74 Å². The van der Waals surface area contributed by atoms with Crippen LogP contribution in [0.1, 0.15) is 39.5 Å². The van der Waals surface area contributed by atoms with Gasteiger partial charge in [0.2, 0.25) is 6.79 Å². The van der Waals surface area contributed by atoms with Crippen molar-refractivity contribution in [1.29, 1.82) is 0 Å². The van der Waals surface area contributed by atoms with E-state index < -0.39 is 0 Å². The predicted octanol–water partition coefficient (Wildman–Crippen LogP) is 3.67. The number of nitrogens with zero attached hydrogens (tertiary/aromatic N) is 2. The van der Waals surface area contributed by atoms with Gasteiger partial charge in [-0.25, -0.2) is 0 Å². The Morgan fingerprint density at radius 3 is 2.52 bits per heavy atom. The van der Waals surface area contributed by atoms with Crippen molar-refractivity contribution in [3.63, 3.8) is 0 Å². The molecule has 2 atom stereocenters. The zero-order chi connectivity index (χ0) is 19.8. The summed E-state index contributed by atoms with van der Waals surface area (Å²) in [6.45, 7) is 2.83. The smallest absolute Gasteiger partial charge is 0.259 e. The summed E-state index contributed by atoms with van der Waals surface area (Å²) < 4.78 is 22.4. The van der Waals surface area contributed by atoms with Crippen LogP contribution in [0, 0.1) is 6.92 Å². The Kier molecular flexibility index (Phi) is 4.44. The van der Waals surface area contributed by atoms with Crippen LogP contribution in [0.4, 0.5) is 0 Å². The zero-order valence-corrected chi connectivity index (χ0v) is 15.9. The van der Waals surface area contributed by atoms with Crippen LogP contribution in [0.3, 0.4) is 0 Å². The van der Waals surface area contributed by atoms with Crippen LogP contribution in [-0.4, -0.2) is 35.8 Å². The monoisotopic (exact) mass is 392 g/mol. The van der Waals surface area contributed by atoms with E-state index >= 15 is 0 Å². The number of fused-ring (bicyclic) bond motifs is 1. The van der Waals surface area contributed by atoms with Gasteiger partial charge in [-0.2, -0.15) is 0 Å². The van der Waals surface area contributed by atoms with Gasteiger partial charge in [-0.05, 0) is 30.2 Å². The number of aryl methyl sites for hydroxylation is 1. The zero-order valence-electron chi connectivity index (χ0n) is 15.9. The van der Waals surface area contributed by atoms with Crippen LogP contribution in [0.5, 0.6) is 11.5 Å². The van der Waals surface area contributed by atoms with Crippen LogP contribution in [0.25, 0.3) is 0 Å². The summed E-state index contributed by atoms with van der Waals surface area (Å²) in [5.74, 6) is 1.81. The third-order valence-electron chi connectivity index (χ3n) is 5.31. The number of aromatic nitrogens is 1. The first-order valence-electron chi connectivity index (χ1n) is 9.49. The maximum Gasteiger partial charge on any atom is 0.259 e. The molecule has 0 spiro atoms. The van der Waals surface area contributed by atoms with Crippen LogP contribution >= 0.6 is 0 Å². The highest BCUT2D eigenvalue weighted by molar-refractivity contribution is 5.94. The summed E-state index contributed by atoms with van der Waals surface area (Å²) >= 11 is 0. The van der Waals surface area contributed by atoms with Gasteiger partial charge in [-0.3, -0.25) is 4.79 Å². The molecule has 1 amide bonds. The van der Waals surface area contributed by atoms with Gasteiger partial charge in [0.15, 0.2) is 11.5 Å². The Hall–Kier alpha value is -3.32. The molecule has 0 bridgehead atoms. The largest absolute Gasteiger partial charge is 0.454 e. The van der Waals surface area contributed by atoms with E-state index in [-0.39, 0.29) is 24.9 Å². The number of morpholine rings is 1. The molecular weight excluding hydrogens is 372 g/mol. The molecule has 5 rings (SSSR count). The molecule has 0 saturated carbocycles. The average molecular weight is 392 g/mol. The summed E-state index contributed by atoms with van der Waals surface area (Å²) in [7, 11) is 0. The van der Waals surface area contributed by atoms with E-state index in [2.05, 4.69) is 5.16 Å². The summed E-state index contributed by atoms with van der Waals surface area (Å²) in [5, 5.41) is 3.75. The number of benzene rings is 2. The first-order chi connectivity index (χ1) is 14.2. The molecule has 0 unspecified atom stereocenters. The lowest BCUT2D eigenvalue weighted by molar-refractivity contribution is -0.0798. The molecule has 7 nitrogen and oxygen atoms in total. The number of carbonyl (C=O) groups excluding carboxylic acids is 1. The summed E-state index contributed by atoms with van der Waals surface area (Å²) in [6, 6.07) is 15.7. The van der Waals surface area contributed by atoms with Crippen molar-refractivity contribution in [3.05, 3.63) is 77.2 Å². The molecule has 1 saturated heterocycles. The van der Waals surface area contributed by atoms with Gasteiger partial charge < -0.3 is 23.6 Å². The van der Waals surface area contributed by atoms with Crippen molar-refractivity contribution in [1.82, 2.24) is 10.1 Å². The Morgan fingerprint density at radius 1 is 1.00 bits per heavy atom. The van der Waals surface area contributed by atoms with Gasteiger partial charge >= 0.3 is 0 Å². The average Bonchev–Trinajstić information content (AvgIpc) is 3.41. The van der Waals surface area contributed by atoms with Gasteiger partial charge in [0.1, 0.15) is 23.5 Å². The molecule has 29 heavy (non-hydrogen) atoms. The van der Waals surface area contributed by atoms with E-state index in [4.69, 9.17) is 18.7 Å². The maximum atomic E-state index is 13.1. The molecule has 0 aliphatic carbocycles. The van der Waals surface area contributed by atoms with Crippen molar-refractivity contribution in [3.8, 4) is 11.5 Å². The van der Waals surface area contributed by atoms with E-state index in [1.54, 1.807) is 11.8 Å². The lowest BCUT2D eigenvalue weighted by Gasteiger charge is -2.38. The van der Waals surface area contributed by atoms with Crippen molar-refractivity contribution in [2.24, 2.45) is 0 Å². The normalized spacial score (nSPS) is 20.7. The fourth-order valence-corrected chi connectivity index (χ4v) is 3.75. The summed E-state index contributed by atoms with van der Waals surface area (Å²) in [6.07, 6.45) is 0.928. The molecule has 2 aliphatic rings. The van der Waals surface area contributed by atoms with Crippen molar-refractivity contribution in [2.75, 3.05) is 19.9 Å². The minimum absolute atomic E-state index is 0.112. The minimum atomic E-state index is -0.299. The van der Waals surface area contributed by atoms with Gasteiger partial charge in [-0.15, -0.1) is 0 Å². The molecule has 3 aromatic rings. The van der Waals surface area contributed by atoms with Crippen LogP contribution in [0.2, 0.25) is 0 Å². The van der Waals surface area contributed by atoms with Crippen molar-refractivity contribution < 1.29 is 23.5 Å². The molecule has 3 heterocycles. The number of ether oxygens (including phenoxy) is 3. The van der Waals surface area contributed by atoms with E-state index in [1.165, 1.54) is 6.20 Å². The van der Waals surface area contributed by atoms with Crippen LogP contribution in [0.15, 0.2) is 59.3 Å². The lowest BCUT2D eigenvalue weighted by Crippen LogP contribution is -2.43. The first-order valence-corrected chi connectivity index (χ1v) is 9.49. The second-order valence-corrected chi connectivity index (χ2v) is 7.14. The van der Waals surface area contributed by atoms with E-state index in [0.29, 0.717) is 30.2 Å². The highest BCUT2D eigenvalue weighted by Gasteiger charge is 2.34. The predicted molar refractivity (Wildman–Crippen MR) is 103 cm³/mol. The van der Waals surface area contributed by atoms with Crippen molar-refractivity contribution in [2.45, 2.75) is 19.1 Å². The van der Waals surface area contributed by atoms with E-state index in [0.717, 1.165) is 16.9 Å². The highest BCUT2D eigenvalue weighted by atomic mass is 16.7. The Morgan fingerprint density at radius 2 is 1.76 bits per heavy atom. The Labute approximate surface area is 167 Å². The summed E-state index contributed by atoms with van der Waals surface area (Å²) in [4.78, 5) is 14.9. The van der Waals surface area contributed by atoms with Gasteiger partial charge in [-0.1, -0.05) is 41.6 Å². The first kappa shape index (κ1) is 17.8. The molecule has 0 radical (unpaired) electrons. The maximum absolute atomic E-state index is 13.1. The Bertz CT molecular complexity index is 1030. The number of hydrogen-bond acceptors (Lipinski definition) is 6.